The smallest absolute Gasteiger partial charge is 0.372 e. The molecule has 1 N–H and O–H groups in total. The Morgan fingerprint density at radius 1 is 1.50 bits per heavy atom. The molecule has 46 valence electrons. The van der Waals surface area contributed by atoms with E-state index in [4.69, 9.17) is 5.11 Å². The predicted molar refractivity (Wildman–Crippen MR) is 23.2 cm³/mol. The summed E-state index contributed by atoms with van der Waals surface area (Å²) in [6.45, 7) is -0.898. The third-order valence-electron chi connectivity index (χ3n) is 0.560. The molecule has 0 fully saturated rings. The van der Waals surface area contributed by atoms with Crippen LogP contribution in [0.5, 0.6) is 0 Å². The van der Waals surface area contributed by atoms with E-state index in [9.17, 15) is 14.0 Å². The van der Waals surface area contributed by atoms with Gasteiger partial charge in [-0.15, -0.1) is 0 Å². The van der Waals surface area contributed by atoms with Gasteiger partial charge in [-0.25, -0.2) is 4.79 Å². The number of alkyl halides is 1. The lowest BCUT2D eigenvalue weighted by Crippen LogP contribution is -2.12. The molecule has 0 aliphatic rings. The van der Waals surface area contributed by atoms with Crippen LogP contribution in [0.4, 0.5) is 4.39 Å². The number of halogens is 1. The third-order valence-corrected chi connectivity index (χ3v) is 0.560. The first-order valence-corrected chi connectivity index (χ1v) is 2.00. The molecule has 0 aliphatic carbocycles. The van der Waals surface area contributed by atoms with E-state index < -0.39 is 24.8 Å². The summed E-state index contributed by atoms with van der Waals surface area (Å²) >= 11 is 0. The van der Waals surface area contributed by atoms with E-state index in [1.165, 1.54) is 0 Å². The van der Waals surface area contributed by atoms with E-state index in [2.05, 4.69) is 0 Å². The predicted octanol–water partition coefficient (Wildman–Crippen LogP) is -0.000300. The number of rotatable bonds is 3. The lowest BCUT2D eigenvalue weighted by Gasteiger charge is -1.84. The molecule has 4 heteroatoms. The van der Waals surface area contributed by atoms with Crippen molar-refractivity contribution in [3.8, 4) is 0 Å². The van der Waals surface area contributed by atoms with Crippen LogP contribution in [0.2, 0.25) is 0 Å². The van der Waals surface area contributed by atoms with Gasteiger partial charge in [-0.3, -0.25) is 9.18 Å². The number of hydrogen-bond acceptors (Lipinski definition) is 2. The molecule has 0 spiro atoms. The number of carbonyl (C=O) groups is 2. The van der Waals surface area contributed by atoms with Crippen molar-refractivity contribution in [2.24, 2.45) is 0 Å². The monoisotopic (exact) mass is 120 g/mol. The summed E-state index contributed by atoms with van der Waals surface area (Å²) in [6, 6.07) is 0. The summed E-state index contributed by atoms with van der Waals surface area (Å²) in [5.41, 5.74) is 0. The molecule has 0 bridgehead atoms. The molecule has 0 aromatic heterocycles. The average Bonchev–Trinajstić information content (AvgIpc) is 1.67. The lowest BCUT2D eigenvalue weighted by atomic mass is 10.3. The second-order valence-electron chi connectivity index (χ2n) is 1.17. The zero-order valence-electron chi connectivity index (χ0n) is 4.06. The molecule has 0 heterocycles. The zero-order chi connectivity index (χ0) is 6.57. The van der Waals surface area contributed by atoms with Gasteiger partial charge in [-0.05, 0) is 0 Å². The van der Waals surface area contributed by atoms with Crippen LogP contribution in [0.25, 0.3) is 0 Å². The van der Waals surface area contributed by atoms with Crippen molar-refractivity contribution in [3.63, 3.8) is 0 Å². The van der Waals surface area contributed by atoms with Crippen molar-refractivity contribution in [1.29, 1.82) is 0 Å². The lowest BCUT2D eigenvalue weighted by molar-refractivity contribution is -0.149. The normalized spacial score (nSPS) is 8.62. The highest BCUT2D eigenvalue weighted by molar-refractivity contribution is 6.32. The second kappa shape index (κ2) is 3.12. The van der Waals surface area contributed by atoms with E-state index in [-0.39, 0.29) is 0 Å². The van der Waals surface area contributed by atoms with Gasteiger partial charge in [0.25, 0.3) is 0 Å². The third kappa shape index (κ3) is 2.28. The average molecular weight is 120 g/mol. The molecule has 0 radical (unpaired) electrons. The standard InChI is InChI=1S/C4H5FO3/c5-2-1-3(6)4(7)8/h1-2H2,(H,7,8). The van der Waals surface area contributed by atoms with Crippen molar-refractivity contribution in [1.82, 2.24) is 0 Å². The number of carbonyl (C=O) groups excluding carboxylic acids is 1. The fourth-order valence-corrected chi connectivity index (χ4v) is 0.193. The molecule has 0 aliphatic heterocycles. The van der Waals surface area contributed by atoms with Crippen LogP contribution in [0, 0.1) is 0 Å². The quantitative estimate of drug-likeness (QED) is 0.533. The Bertz CT molecular complexity index is 110. The van der Waals surface area contributed by atoms with Crippen molar-refractivity contribution in [2.45, 2.75) is 6.42 Å². The Kier molecular flexibility index (Phi) is 2.76. The molecule has 8 heavy (non-hydrogen) atoms. The fourth-order valence-electron chi connectivity index (χ4n) is 0.193. The number of carboxylic acids is 1. The van der Waals surface area contributed by atoms with Gasteiger partial charge in [0.15, 0.2) is 0 Å². The van der Waals surface area contributed by atoms with Crippen LogP contribution in [-0.4, -0.2) is 23.5 Å². The van der Waals surface area contributed by atoms with Gasteiger partial charge in [-0.2, -0.15) is 0 Å². The minimum atomic E-state index is -1.57. The fraction of sp³-hybridized carbons (Fsp3) is 0.500. The van der Waals surface area contributed by atoms with Crippen LogP contribution >= 0.6 is 0 Å². The topological polar surface area (TPSA) is 54.4 Å². The molecule has 0 saturated heterocycles. The SMILES string of the molecule is O=C(O)C(=O)CCF. The van der Waals surface area contributed by atoms with E-state index >= 15 is 0 Å². The minimum Gasteiger partial charge on any atom is -0.475 e. The van der Waals surface area contributed by atoms with Gasteiger partial charge >= 0.3 is 5.97 Å². The van der Waals surface area contributed by atoms with E-state index in [1.807, 2.05) is 0 Å². The highest BCUT2D eigenvalue weighted by atomic mass is 19.1. The summed E-state index contributed by atoms with van der Waals surface area (Å²) in [5.74, 6) is -2.64. The Hall–Kier alpha value is -0.930. The van der Waals surface area contributed by atoms with Crippen molar-refractivity contribution in [2.75, 3.05) is 6.67 Å². The maximum atomic E-state index is 11.1. The van der Waals surface area contributed by atoms with Gasteiger partial charge in [0.1, 0.15) is 0 Å². The highest BCUT2D eigenvalue weighted by Crippen LogP contribution is 1.82. The highest BCUT2D eigenvalue weighted by Gasteiger charge is 2.08. The first-order chi connectivity index (χ1) is 3.68. The molecule has 0 atom stereocenters. The Morgan fingerprint density at radius 2 is 2.00 bits per heavy atom. The minimum absolute atomic E-state index is 0.519. The molecular formula is C4H5FO3. The van der Waals surface area contributed by atoms with E-state index in [0.717, 1.165) is 0 Å². The van der Waals surface area contributed by atoms with Gasteiger partial charge in [0, 0.05) is 6.42 Å². The molecule has 0 amide bonds. The molecular weight excluding hydrogens is 115 g/mol. The van der Waals surface area contributed by atoms with Crippen LogP contribution in [0.1, 0.15) is 6.42 Å². The van der Waals surface area contributed by atoms with Crippen molar-refractivity contribution in [3.05, 3.63) is 0 Å². The summed E-state index contributed by atoms with van der Waals surface area (Å²) in [7, 11) is 0. The zero-order valence-corrected chi connectivity index (χ0v) is 4.06. The van der Waals surface area contributed by atoms with Gasteiger partial charge in [0.05, 0.1) is 6.67 Å². The molecule has 3 nitrogen and oxygen atoms in total. The maximum absolute atomic E-state index is 11.1. The molecule has 0 saturated carbocycles. The van der Waals surface area contributed by atoms with Crippen LogP contribution in [0.3, 0.4) is 0 Å². The summed E-state index contributed by atoms with van der Waals surface area (Å²) in [5, 5.41) is 7.80. The maximum Gasteiger partial charge on any atom is 0.372 e. The van der Waals surface area contributed by atoms with Crippen LogP contribution in [0.15, 0.2) is 0 Å². The summed E-state index contributed by atoms with van der Waals surface area (Å²) in [6.07, 6.45) is -0.519. The number of hydrogen-bond donors (Lipinski definition) is 1. The first-order valence-electron chi connectivity index (χ1n) is 2.00. The van der Waals surface area contributed by atoms with Crippen molar-refractivity contribution < 1.29 is 19.1 Å². The Labute approximate surface area is 45.1 Å². The summed E-state index contributed by atoms with van der Waals surface area (Å²) < 4.78 is 11.1. The van der Waals surface area contributed by atoms with Gasteiger partial charge in [0.2, 0.25) is 5.78 Å². The number of aliphatic carboxylic acids is 1. The van der Waals surface area contributed by atoms with Crippen molar-refractivity contribution >= 4 is 11.8 Å². The second-order valence-corrected chi connectivity index (χ2v) is 1.17. The molecule has 0 unspecified atom stereocenters. The number of ketones is 1. The first kappa shape index (κ1) is 7.07. The Balaban J connectivity index is 3.49. The van der Waals surface area contributed by atoms with Gasteiger partial charge in [-0.1, -0.05) is 0 Å². The molecule has 0 aromatic carbocycles. The Morgan fingerprint density at radius 3 is 2.12 bits per heavy atom. The molecule has 0 rings (SSSR count). The van der Waals surface area contributed by atoms with Crippen LogP contribution in [-0.2, 0) is 9.59 Å². The van der Waals surface area contributed by atoms with Crippen LogP contribution < -0.4 is 0 Å². The number of carboxylic acid groups (broad SMARTS) is 1. The number of Topliss-reactive ketones (excluding diaryl/α,β-unsaturated/α-hetero) is 1. The largest absolute Gasteiger partial charge is 0.475 e. The van der Waals surface area contributed by atoms with E-state index in [1.54, 1.807) is 0 Å². The summed E-state index contributed by atoms with van der Waals surface area (Å²) in [4.78, 5) is 19.5. The molecule has 0 aromatic rings. The van der Waals surface area contributed by atoms with Gasteiger partial charge < -0.3 is 5.11 Å². The van der Waals surface area contributed by atoms with E-state index in [0.29, 0.717) is 0 Å².